The predicted molar refractivity (Wildman–Crippen MR) is 87.4 cm³/mol. The molecular weight excluding hydrogens is 328 g/mol. The van der Waals surface area contributed by atoms with Crippen LogP contribution in [-0.2, 0) is 20.9 Å². The molecule has 3 fully saturated rings. The van der Waals surface area contributed by atoms with E-state index in [0.717, 1.165) is 16.8 Å². The molecular formula is C17H16N2O4S. The monoisotopic (exact) mass is 344 g/mol. The summed E-state index contributed by atoms with van der Waals surface area (Å²) in [7, 11) is 0. The summed E-state index contributed by atoms with van der Waals surface area (Å²) in [5.41, 5.74) is 1.05. The second kappa shape index (κ2) is 5.39. The molecule has 6 nitrogen and oxygen atoms in total. The number of amides is 1. The molecule has 1 amide bonds. The molecule has 0 radical (unpaired) electrons. The van der Waals surface area contributed by atoms with Gasteiger partial charge in [0.05, 0.1) is 17.7 Å². The summed E-state index contributed by atoms with van der Waals surface area (Å²) < 4.78 is 5.49. The predicted octanol–water partition coefficient (Wildman–Crippen LogP) is 2.06. The maximum absolute atomic E-state index is 12.3. The number of nitrogens with one attached hydrogen (secondary N) is 1. The van der Waals surface area contributed by atoms with Crippen molar-refractivity contribution in [3.63, 3.8) is 0 Å². The fourth-order valence-corrected chi connectivity index (χ4v) is 4.06. The van der Waals surface area contributed by atoms with Gasteiger partial charge >= 0.3 is 5.97 Å². The van der Waals surface area contributed by atoms with Crippen molar-refractivity contribution in [1.29, 1.82) is 0 Å². The molecule has 24 heavy (non-hydrogen) atoms. The standard InChI is InChI=1S/C17H16N2O4S/c20-14(17-8-16(9-17,10-23-17)15(21)22)19-6-11-1-2-13(18-5-11)12-3-4-24-7-12/h1-5,7H,6,8-10H2,(H,19,20)(H,21,22). The van der Waals surface area contributed by atoms with Crippen LogP contribution in [0.3, 0.4) is 0 Å². The van der Waals surface area contributed by atoms with Crippen LogP contribution in [0.5, 0.6) is 0 Å². The van der Waals surface area contributed by atoms with E-state index in [1.165, 1.54) is 0 Å². The number of rotatable bonds is 5. The van der Waals surface area contributed by atoms with Gasteiger partial charge in [-0.15, -0.1) is 0 Å². The van der Waals surface area contributed by atoms with Crippen molar-refractivity contribution in [3.8, 4) is 11.3 Å². The van der Waals surface area contributed by atoms with Crippen molar-refractivity contribution in [1.82, 2.24) is 10.3 Å². The van der Waals surface area contributed by atoms with Gasteiger partial charge in [-0.1, -0.05) is 6.07 Å². The molecule has 2 aromatic heterocycles. The normalized spacial score (nSPS) is 27.5. The van der Waals surface area contributed by atoms with Crippen LogP contribution in [-0.4, -0.2) is 34.2 Å². The summed E-state index contributed by atoms with van der Waals surface area (Å²) in [6.07, 6.45) is 2.26. The molecule has 5 rings (SSSR count). The number of aliphatic carboxylic acids is 1. The maximum Gasteiger partial charge on any atom is 0.312 e. The number of pyridine rings is 1. The Balaban J connectivity index is 1.36. The zero-order valence-corrected chi connectivity index (χ0v) is 13.6. The minimum atomic E-state index is -0.956. The Labute approximate surface area is 142 Å². The van der Waals surface area contributed by atoms with Crippen LogP contribution >= 0.6 is 11.3 Å². The van der Waals surface area contributed by atoms with Crippen LogP contribution < -0.4 is 5.32 Å². The van der Waals surface area contributed by atoms with Gasteiger partial charge < -0.3 is 15.2 Å². The largest absolute Gasteiger partial charge is 0.481 e. The first-order valence-corrected chi connectivity index (χ1v) is 8.61. The summed E-state index contributed by atoms with van der Waals surface area (Å²) in [6.45, 7) is 0.466. The number of hydrogen-bond donors (Lipinski definition) is 2. The molecule has 2 saturated heterocycles. The Morgan fingerprint density at radius 1 is 1.33 bits per heavy atom. The van der Waals surface area contributed by atoms with Crippen molar-refractivity contribution in [2.75, 3.05) is 6.61 Å². The summed E-state index contributed by atoms with van der Waals surface area (Å²) in [5, 5.41) is 16.1. The molecule has 4 heterocycles. The van der Waals surface area contributed by atoms with Crippen molar-refractivity contribution in [2.45, 2.75) is 25.0 Å². The average molecular weight is 344 g/mol. The first-order chi connectivity index (χ1) is 11.5. The Kier molecular flexibility index (Phi) is 3.43. The molecule has 1 saturated carbocycles. The van der Waals surface area contributed by atoms with Crippen LogP contribution in [0, 0.1) is 5.41 Å². The van der Waals surface area contributed by atoms with Crippen LogP contribution in [0.1, 0.15) is 18.4 Å². The van der Waals surface area contributed by atoms with E-state index < -0.39 is 17.0 Å². The summed E-state index contributed by atoms with van der Waals surface area (Å²) in [5.74, 6) is -1.12. The van der Waals surface area contributed by atoms with Crippen molar-refractivity contribution in [3.05, 3.63) is 40.7 Å². The molecule has 124 valence electrons. The van der Waals surface area contributed by atoms with E-state index in [1.54, 1.807) is 17.5 Å². The van der Waals surface area contributed by atoms with E-state index in [-0.39, 0.29) is 25.4 Å². The number of carbonyl (C=O) groups excluding carboxylic acids is 1. The van der Waals surface area contributed by atoms with Gasteiger partial charge in [-0.3, -0.25) is 14.6 Å². The molecule has 2 aliphatic heterocycles. The van der Waals surface area contributed by atoms with E-state index in [0.29, 0.717) is 6.54 Å². The van der Waals surface area contributed by atoms with Gasteiger partial charge in [0, 0.05) is 36.5 Å². The lowest BCUT2D eigenvalue weighted by molar-refractivity contribution is -0.158. The third-order valence-electron chi connectivity index (χ3n) is 4.83. The highest BCUT2D eigenvalue weighted by Gasteiger charge is 2.70. The number of carbonyl (C=O) groups is 2. The number of nitrogens with zero attached hydrogens (tertiary/aromatic N) is 1. The zero-order chi connectivity index (χ0) is 16.8. The highest BCUT2D eigenvalue weighted by Crippen LogP contribution is 2.58. The highest BCUT2D eigenvalue weighted by atomic mass is 32.1. The van der Waals surface area contributed by atoms with Crippen molar-refractivity contribution in [2.24, 2.45) is 5.41 Å². The molecule has 1 aliphatic carbocycles. The fraction of sp³-hybridized carbons (Fsp3) is 0.353. The molecule has 7 heteroatoms. The average Bonchev–Trinajstić information content (AvgIpc) is 3.27. The van der Waals surface area contributed by atoms with Gasteiger partial charge in [-0.05, 0) is 23.1 Å². The first-order valence-electron chi connectivity index (χ1n) is 7.66. The molecule has 2 aromatic rings. The molecule has 2 N–H and O–H groups in total. The second-order valence-corrected chi connectivity index (χ2v) is 7.25. The molecule has 2 bridgehead atoms. The van der Waals surface area contributed by atoms with Gasteiger partial charge in [0.15, 0.2) is 0 Å². The van der Waals surface area contributed by atoms with Gasteiger partial charge in [0.2, 0.25) is 0 Å². The Hall–Kier alpha value is -2.25. The van der Waals surface area contributed by atoms with E-state index in [1.807, 2.05) is 29.0 Å². The van der Waals surface area contributed by atoms with Gasteiger partial charge in [0.25, 0.3) is 5.91 Å². The van der Waals surface area contributed by atoms with E-state index in [4.69, 9.17) is 4.74 Å². The Morgan fingerprint density at radius 2 is 2.17 bits per heavy atom. The number of carboxylic acids is 1. The van der Waals surface area contributed by atoms with Crippen LogP contribution in [0.4, 0.5) is 0 Å². The second-order valence-electron chi connectivity index (χ2n) is 6.47. The zero-order valence-electron chi connectivity index (χ0n) is 12.8. The molecule has 0 unspecified atom stereocenters. The fourth-order valence-electron chi connectivity index (χ4n) is 3.41. The number of ether oxygens (including phenoxy) is 1. The summed E-state index contributed by atoms with van der Waals surface area (Å²) >= 11 is 1.62. The topological polar surface area (TPSA) is 88.5 Å². The highest BCUT2D eigenvalue weighted by molar-refractivity contribution is 7.08. The molecule has 0 atom stereocenters. The minimum Gasteiger partial charge on any atom is -0.481 e. The van der Waals surface area contributed by atoms with E-state index >= 15 is 0 Å². The number of carboxylic acid groups (broad SMARTS) is 1. The lowest BCUT2D eigenvalue weighted by atomic mass is 9.62. The number of thiophene rings is 1. The molecule has 0 spiro atoms. The Bertz CT molecular complexity index is 779. The smallest absolute Gasteiger partial charge is 0.312 e. The third-order valence-corrected chi connectivity index (χ3v) is 5.52. The minimum absolute atomic E-state index is 0.118. The van der Waals surface area contributed by atoms with E-state index in [9.17, 15) is 14.7 Å². The van der Waals surface area contributed by atoms with Crippen molar-refractivity contribution >= 4 is 23.2 Å². The Morgan fingerprint density at radius 3 is 2.75 bits per heavy atom. The number of hydrogen-bond acceptors (Lipinski definition) is 5. The quantitative estimate of drug-likeness (QED) is 0.867. The number of aromatic nitrogens is 1. The summed E-state index contributed by atoms with van der Waals surface area (Å²) in [4.78, 5) is 28.0. The molecule has 3 aliphatic rings. The van der Waals surface area contributed by atoms with Crippen molar-refractivity contribution < 1.29 is 19.4 Å². The maximum atomic E-state index is 12.3. The lowest BCUT2D eigenvalue weighted by Gasteiger charge is -2.40. The lowest BCUT2D eigenvalue weighted by Crippen LogP contribution is -2.57. The molecule has 0 aromatic carbocycles. The van der Waals surface area contributed by atoms with Crippen LogP contribution in [0.2, 0.25) is 0 Å². The SMILES string of the molecule is O=C(O)C12COC(C(=O)NCc3ccc(-c4ccsc4)nc3)(C1)C2. The van der Waals surface area contributed by atoms with E-state index in [2.05, 4.69) is 10.3 Å². The van der Waals surface area contributed by atoms with Crippen LogP contribution in [0.15, 0.2) is 35.2 Å². The van der Waals surface area contributed by atoms with Gasteiger partial charge in [-0.2, -0.15) is 11.3 Å². The van der Waals surface area contributed by atoms with Gasteiger partial charge in [-0.25, -0.2) is 0 Å². The number of fused-ring (bicyclic) bond motifs is 1. The summed E-state index contributed by atoms with van der Waals surface area (Å²) in [6, 6.07) is 5.86. The van der Waals surface area contributed by atoms with Crippen LogP contribution in [0.25, 0.3) is 11.3 Å². The first kappa shape index (κ1) is 15.3. The third kappa shape index (κ3) is 2.32. The van der Waals surface area contributed by atoms with Gasteiger partial charge in [0.1, 0.15) is 5.60 Å².